The number of anilines is 2. The highest BCUT2D eigenvalue weighted by molar-refractivity contribution is 7.80. The molecular formula is C13H13N3O2S2. The average molecular weight is 307 g/mol. The number of thiophene rings is 1. The van der Waals surface area contributed by atoms with Crippen LogP contribution in [0.1, 0.15) is 9.67 Å². The molecule has 0 fully saturated rings. The van der Waals surface area contributed by atoms with Crippen LogP contribution in [-0.4, -0.2) is 18.1 Å². The number of carbonyl (C=O) groups excluding carboxylic acids is 1. The smallest absolute Gasteiger partial charge is 0.265 e. The Morgan fingerprint density at radius 3 is 2.75 bits per heavy atom. The second-order valence-electron chi connectivity index (χ2n) is 3.84. The Labute approximate surface area is 125 Å². The van der Waals surface area contributed by atoms with E-state index in [0.717, 1.165) is 0 Å². The van der Waals surface area contributed by atoms with E-state index in [0.29, 0.717) is 22.0 Å². The monoisotopic (exact) mass is 307 g/mol. The highest BCUT2D eigenvalue weighted by Crippen LogP contribution is 2.28. The Bertz CT molecular complexity index is 627. The van der Waals surface area contributed by atoms with Gasteiger partial charge in [0.25, 0.3) is 5.91 Å². The summed E-state index contributed by atoms with van der Waals surface area (Å²) in [6.07, 6.45) is 0. The van der Waals surface area contributed by atoms with Gasteiger partial charge >= 0.3 is 0 Å². The van der Waals surface area contributed by atoms with E-state index < -0.39 is 0 Å². The summed E-state index contributed by atoms with van der Waals surface area (Å²) >= 11 is 6.15. The molecule has 2 rings (SSSR count). The zero-order chi connectivity index (χ0) is 14.5. The standard InChI is InChI=1S/C13H13N3O2S2/c1-18-10-7-8(15-13(14)19)4-5-9(10)16-12(17)11-3-2-6-20-11/h2-7H,1H3,(H,16,17)(H3,14,15,19). The van der Waals surface area contributed by atoms with Crippen LogP contribution in [0.2, 0.25) is 0 Å². The van der Waals surface area contributed by atoms with Crippen LogP contribution >= 0.6 is 23.6 Å². The molecule has 0 unspecified atom stereocenters. The third-order valence-corrected chi connectivity index (χ3v) is 3.43. The fourth-order valence-electron chi connectivity index (χ4n) is 1.61. The van der Waals surface area contributed by atoms with Gasteiger partial charge in [-0.2, -0.15) is 0 Å². The van der Waals surface area contributed by atoms with E-state index in [9.17, 15) is 4.79 Å². The van der Waals surface area contributed by atoms with E-state index in [-0.39, 0.29) is 11.0 Å². The normalized spacial score (nSPS) is 9.85. The average Bonchev–Trinajstić information content (AvgIpc) is 2.93. The van der Waals surface area contributed by atoms with Gasteiger partial charge in [0, 0.05) is 11.8 Å². The maximum absolute atomic E-state index is 12.0. The first-order valence-electron chi connectivity index (χ1n) is 5.69. The zero-order valence-electron chi connectivity index (χ0n) is 10.7. The van der Waals surface area contributed by atoms with E-state index in [1.807, 2.05) is 11.4 Å². The summed E-state index contributed by atoms with van der Waals surface area (Å²) in [7, 11) is 1.53. The lowest BCUT2D eigenvalue weighted by Crippen LogP contribution is -2.19. The third kappa shape index (κ3) is 3.46. The molecule has 7 heteroatoms. The number of carbonyl (C=O) groups is 1. The molecule has 0 saturated heterocycles. The molecule has 0 bridgehead atoms. The molecule has 0 atom stereocenters. The number of thiocarbonyl (C=S) groups is 1. The molecule has 20 heavy (non-hydrogen) atoms. The quantitative estimate of drug-likeness (QED) is 0.757. The van der Waals surface area contributed by atoms with Crippen molar-refractivity contribution < 1.29 is 9.53 Å². The maximum atomic E-state index is 12.0. The molecule has 0 spiro atoms. The minimum Gasteiger partial charge on any atom is -0.494 e. The van der Waals surface area contributed by atoms with E-state index >= 15 is 0 Å². The molecule has 1 aromatic heterocycles. The number of rotatable bonds is 4. The first kappa shape index (κ1) is 14.3. The number of hydrogen-bond acceptors (Lipinski definition) is 4. The molecule has 1 aromatic carbocycles. The van der Waals surface area contributed by atoms with Crippen molar-refractivity contribution in [1.82, 2.24) is 0 Å². The number of ether oxygens (including phenoxy) is 1. The summed E-state index contributed by atoms with van der Waals surface area (Å²) in [4.78, 5) is 12.6. The molecule has 4 N–H and O–H groups in total. The van der Waals surface area contributed by atoms with Crippen molar-refractivity contribution in [2.24, 2.45) is 5.73 Å². The predicted octanol–water partition coefficient (Wildman–Crippen LogP) is 2.66. The fraction of sp³-hybridized carbons (Fsp3) is 0.0769. The number of nitrogens with one attached hydrogen (secondary N) is 2. The highest BCUT2D eigenvalue weighted by Gasteiger charge is 2.11. The SMILES string of the molecule is COc1cc(NC(N)=S)ccc1NC(=O)c1cccs1. The van der Waals surface area contributed by atoms with Crippen LogP contribution in [0.5, 0.6) is 5.75 Å². The van der Waals surface area contributed by atoms with Crippen LogP contribution in [0, 0.1) is 0 Å². The van der Waals surface area contributed by atoms with Crippen molar-refractivity contribution in [2.45, 2.75) is 0 Å². The number of amides is 1. The number of methoxy groups -OCH3 is 1. The zero-order valence-corrected chi connectivity index (χ0v) is 12.3. The minimum atomic E-state index is -0.173. The van der Waals surface area contributed by atoms with Crippen molar-refractivity contribution in [3.63, 3.8) is 0 Å². The van der Waals surface area contributed by atoms with Crippen molar-refractivity contribution in [3.8, 4) is 5.75 Å². The molecule has 1 heterocycles. The summed E-state index contributed by atoms with van der Waals surface area (Å²) in [5.41, 5.74) is 6.69. The Hall–Kier alpha value is -2.12. The Morgan fingerprint density at radius 2 is 2.15 bits per heavy atom. The number of hydrogen-bond donors (Lipinski definition) is 3. The fourth-order valence-corrected chi connectivity index (χ4v) is 2.34. The number of benzene rings is 1. The molecule has 0 aliphatic rings. The van der Waals surface area contributed by atoms with Crippen molar-refractivity contribution in [1.29, 1.82) is 0 Å². The molecule has 2 aromatic rings. The molecule has 0 radical (unpaired) electrons. The van der Waals surface area contributed by atoms with Crippen LogP contribution in [0.4, 0.5) is 11.4 Å². The highest BCUT2D eigenvalue weighted by atomic mass is 32.1. The van der Waals surface area contributed by atoms with Gasteiger partial charge < -0.3 is 21.1 Å². The van der Waals surface area contributed by atoms with E-state index in [4.69, 9.17) is 22.7 Å². The Morgan fingerprint density at radius 1 is 1.35 bits per heavy atom. The molecule has 0 aliphatic carbocycles. The molecule has 0 aliphatic heterocycles. The third-order valence-electron chi connectivity index (χ3n) is 2.46. The first-order chi connectivity index (χ1) is 9.60. The molecule has 5 nitrogen and oxygen atoms in total. The predicted molar refractivity (Wildman–Crippen MR) is 85.7 cm³/mol. The second-order valence-corrected chi connectivity index (χ2v) is 5.22. The second kappa shape index (κ2) is 6.36. The summed E-state index contributed by atoms with van der Waals surface area (Å²) in [5, 5.41) is 7.62. The largest absolute Gasteiger partial charge is 0.494 e. The van der Waals surface area contributed by atoms with Crippen LogP contribution in [0.25, 0.3) is 0 Å². The van der Waals surface area contributed by atoms with Gasteiger partial charge in [-0.15, -0.1) is 11.3 Å². The summed E-state index contributed by atoms with van der Waals surface area (Å²) in [6, 6.07) is 8.78. The van der Waals surface area contributed by atoms with Gasteiger partial charge in [-0.05, 0) is 35.8 Å². The van der Waals surface area contributed by atoms with Gasteiger partial charge in [-0.3, -0.25) is 4.79 Å². The van der Waals surface area contributed by atoms with Crippen LogP contribution < -0.4 is 21.1 Å². The molecule has 0 saturated carbocycles. The Balaban J connectivity index is 2.19. The lowest BCUT2D eigenvalue weighted by molar-refractivity contribution is 0.103. The van der Waals surface area contributed by atoms with Gasteiger partial charge in [0.05, 0.1) is 17.7 Å². The van der Waals surface area contributed by atoms with E-state index in [2.05, 4.69) is 10.6 Å². The van der Waals surface area contributed by atoms with Gasteiger partial charge in [0.2, 0.25) is 0 Å². The lowest BCUT2D eigenvalue weighted by atomic mass is 10.2. The van der Waals surface area contributed by atoms with Gasteiger partial charge in [0.15, 0.2) is 5.11 Å². The molecular weight excluding hydrogens is 294 g/mol. The Kier molecular flexibility index (Phi) is 4.54. The topological polar surface area (TPSA) is 76.4 Å². The van der Waals surface area contributed by atoms with Crippen molar-refractivity contribution in [2.75, 3.05) is 17.7 Å². The van der Waals surface area contributed by atoms with E-state index in [1.54, 1.807) is 24.3 Å². The minimum absolute atomic E-state index is 0.169. The van der Waals surface area contributed by atoms with Gasteiger partial charge in [-0.1, -0.05) is 6.07 Å². The lowest BCUT2D eigenvalue weighted by Gasteiger charge is -2.12. The van der Waals surface area contributed by atoms with Crippen molar-refractivity contribution >= 4 is 45.9 Å². The van der Waals surface area contributed by atoms with E-state index in [1.165, 1.54) is 18.4 Å². The summed E-state index contributed by atoms with van der Waals surface area (Å²) < 4.78 is 5.25. The molecule has 104 valence electrons. The van der Waals surface area contributed by atoms with Gasteiger partial charge in [0.1, 0.15) is 5.75 Å². The van der Waals surface area contributed by atoms with Crippen LogP contribution in [0.15, 0.2) is 35.7 Å². The van der Waals surface area contributed by atoms with Crippen LogP contribution in [-0.2, 0) is 0 Å². The maximum Gasteiger partial charge on any atom is 0.265 e. The first-order valence-corrected chi connectivity index (χ1v) is 6.98. The summed E-state index contributed by atoms with van der Waals surface area (Å²) in [5.74, 6) is 0.351. The number of nitrogens with two attached hydrogens (primary N) is 1. The van der Waals surface area contributed by atoms with Crippen LogP contribution in [0.3, 0.4) is 0 Å². The van der Waals surface area contributed by atoms with Gasteiger partial charge in [-0.25, -0.2) is 0 Å². The van der Waals surface area contributed by atoms with Crippen molar-refractivity contribution in [3.05, 3.63) is 40.6 Å². The molecule has 1 amide bonds. The summed E-state index contributed by atoms with van der Waals surface area (Å²) in [6.45, 7) is 0.